The van der Waals surface area contributed by atoms with Gasteiger partial charge >= 0.3 is 6.09 Å². The van der Waals surface area contributed by atoms with Crippen molar-refractivity contribution in [1.29, 1.82) is 0 Å². The van der Waals surface area contributed by atoms with Gasteiger partial charge in [0.25, 0.3) is 0 Å². The molecule has 0 unspecified atom stereocenters. The molecule has 8 nitrogen and oxygen atoms in total. The second-order valence-electron chi connectivity index (χ2n) is 8.47. The fourth-order valence-corrected chi connectivity index (χ4v) is 3.08. The van der Waals surface area contributed by atoms with E-state index in [1.54, 1.807) is 4.90 Å². The van der Waals surface area contributed by atoms with E-state index in [0.29, 0.717) is 25.6 Å². The second kappa shape index (κ2) is 13.5. The molecule has 0 atom stereocenters. The van der Waals surface area contributed by atoms with Crippen LogP contribution in [0.1, 0.15) is 47.0 Å². The quantitative estimate of drug-likeness (QED) is 0.219. The Labute approximate surface area is 192 Å². The standard InChI is InChI=1S/C20H38N4O4.HI/c1-5-21-18(22-9-6-10-27-15-16-7-11-26-12-8-16)23-17-13-24(14-17)19(25)28-20(2,3)4;/h16-17H,5-15H2,1-4H3,(H2,21,22,23);1H. The van der Waals surface area contributed by atoms with E-state index in [1.807, 2.05) is 27.7 Å². The molecule has 2 N–H and O–H groups in total. The average Bonchev–Trinajstić information content (AvgIpc) is 2.59. The lowest BCUT2D eigenvalue weighted by Crippen LogP contribution is -2.63. The first-order valence-corrected chi connectivity index (χ1v) is 10.6. The maximum Gasteiger partial charge on any atom is 0.410 e. The molecule has 0 aromatic rings. The van der Waals surface area contributed by atoms with Crippen LogP contribution in [-0.4, -0.2) is 81.2 Å². The number of carbonyl (C=O) groups is 1. The lowest BCUT2D eigenvalue weighted by Gasteiger charge is -2.40. The second-order valence-corrected chi connectivity index (χ2v) is 8.47. The van der Waals surface area contributed by atoms with Gasteiger partial charge in [-0.1, -0.05) is 0 Å². The Hall–Kier alpha value is -0.810. The number of guanidine groups is 1. The molecule has 2 aliphatic heterocycles. The van der Waals surface area contributed by atoms with E-state index in [1.165, 1.54) is 0 Å². The molecule has 2 rings (SSSR count). The summed E-state index contributed by atoms with van der Waals surface area (Å²) in [7, 11) is 0. The van der Waals surface area contributed by atoms with Gasteiger partial charge in [0.2, 0.25) is 0 Å². The number of amides is 1. The molecule has 170 valence electrons. The van der Waals surface area contributed by atoms with Gasteiger partial charge in [-0.25, -0.2) is 4.79 Å². The Morgan fingerprint density at radius 3 is 2.55 bits per heavy atom. The molecule has 2 aliphatic rings. The highest BCUT2D eigenvalue weighted by Gasteiger charge is 2.34. The molecule has 0 radical (unpaired) electrons. The van der Waals surface area contributed by atoms with Crippen LogP contribution in [0.3, 0.4) is 0 Å². The van der Waals surface area contributed by atoms with Crippen molar-refractivity contribution in [3.8, 4) is 0 Å². The molecule has 0 spiro atoms. The number of hydrogen-bond acceptors (Lipinski definition) is 5. The third-order valence-corrected chi connectivity index (χ3v) is 4.63. The fraction of sp³-hybridized carbons (Fsp3) is 0.900. The zero-order valence-corrected chi connectivity index (χ0v) is 20.7. The normalized spacial score (nSPS) is 18.6. The van der Waals surface area contributed by atoms with Crippen molar-refractivity contribution in [3.05, 3.63) is 0 Å². The van der Waals surface area contributed by atoms with E-state index in [9.17, 15) is 4.79 Å². The number of halogens is 1. The van der Waals surface area contributed by atoms with Crippen molar-refractivity contribution >= 4 is 36.0 Å². The van der Waals surface area contributed by atoms with Gasteiger partial charge in [-0.05, 0) is 52.9 Å². The molecule has 2 heterocycles. The number of aliphatic imine (C=N–C) groups is 1. The molecule has 2 saturated heterocycles. The van der Waals surface area contributed by atoms with E-state index in [-0.39, 0.29) is 36.1 Å². The van der Waals surface area contributed by atoms with Crippen LogP contribution in [0.4, 0.5) is 4.79 Å². The summed E-state index contributed by atoms with van der Waals surface area (Å²) < 4.78 is 16.5. The lowest BCUT2D eigenvalue weighted by atomic mass is 10.0. The van der Waals surface area contributed by atoms with Crippen LogP contribution >= 0.6 is 24.0 Å². The Kier molecular flexibility index (Phi) is 12.2. The summed E-state index contributed by atoms with van der Waals surface area (Å²) in [5.41, 5.74) is -0.460. The summed E-state index contributed by atoms with van der Waals surface area (Å²) in [4.78, 5) is 18.3. The molecule has 0 saturated carbocycles. The summed E-state index contributed by atoms with van der Waals surface area (Å²) in [6.07, 6.45) is 2.85. The van der Waals surface area contributed by atoms with Gasteiger partial charge in [0.05, 0.1) is 6.04 Å². The first-order valence-electron chi connectivity index (χ1n) is 10.6. The largest absolute Gasteiger partial charge is 0.444 e. The Morgan fingerprint density at radius 2 is 1.93 bits per heavy atom. The van der Waals surface area contributed by atoms with Crippen molar-refractivity contribution in [2.24, 2.45) is 10.9 Å². The van der Waals surface area contributed by atoms with Crippen LogP contribution in [0.5, 0.6) is 0 Å². The Balaban J connectivity index is 0.00000420. The molecule has 2 fully saturated rings. The number of nitrogens with zero attached hydrogens (tertiary/aromatic N) is 2. The van der Waals surface area contributed by atoms with Gasteiger partial charge in [-0.2, -0.15) is 0 Å². The van der Waals surface area contributed by atoms with E-state index in [2.05, 4.69) is 15.6 Å². The monoisotopic (exact) mass is 526 g/mol. The maximum absolute atomic E-state index is 12.0. The van der Waals surface area contributed by atoms with E-state index >= 15 is 0 Å². The minimum Gasteiger partial charge on any atom is -0.444 e. The first-order chi connectivity index (χ1) is 13.4. The van der Waals surface area contributed by atoms with Gasteiger partial charge in [0.15, 0.2) is 5.96 Å². The number of likely N-dealkylation sites (tertiary alicyclic amines) is 1. The van der Waals surface area contributed by atoms with Crippen LogP contribution in [0.25, 0.3) is 0 Å². The smallest absolute Gasteiger partial charge is 0.410 e. The summed E-state index contributed by atoms with van der Waals surface area (Å²) >= 11 is 0. The summed E-state index contributed by atoms with van der Waals surface area (Å²) in [5.74, 6) is 1.43. The fourth-order valence-electron chi connectivity index (χ4n) is 3.08. The van der Waals surface area contributed by atoms with Gasteiger partial charge in [-0.15, -0.1) is 24.0 Å². The Bertz CT molecular complexity index is 501. The SMILES string of the molecule is CCNC(=NCCCOCC1CCOCC1)NC1CN(C(=O)OC(C)(C)C)C1.I. The van der Waals surface area contributed by atoms with Crippen molar-refractivity contribution in [3.63, 3.8) is 0 Å². The molecule has 9 heteroatoms. The zero-order valence-electron chi connectivity index (χ0n) is 18.4. The van der Waals surface area contributed by atoms with Crippen LogP contribution in [0.15, 0.2) is 4.99 Å². The van der Waals surface area contributed by atoms with Gasteiger partial charge in [0.1, 0.15) is 5.60 Å². The van der Waals surface area contributed by atoms with Crippen LogP contribution in [-0.2, 0) is 14.2 Å². The van der Waals surface area contributed by atoms with Gasteiger partial charge < -0.3 is 29.7 Å². The molecular formula is C20H39IN4O4. The maximum atomic E-state index is 12.0. The van der Waals surface area contributed by atoms with Crippen molar-refractivity contribution < 1.29 is 19.0 Å². The molecule has 0 aliphatic carbocycles. The number of rotatable bonds is 8. The number of ether oxygens (including phenoxy) is 3. The van der Waals surface area contributed by atoms with Crippen molar-refractivity contribution in [2.75, 3.05) is 52.6 Å². The molecule has 1 amide bonds. The topological polar surface area (TPSA) is 84.4 Å². The molecule has 0 aromatic carbocycles. The van der Waals surface area contributed by atoms with Crippen molar-refractivity contribution in [1.82, 2.24) is 15.5 Å². The van der Waals surface area contributed by atoms with Gasteiger partial charge in [-0.3, -0.25) is 4.99 Å². The van der Waals surface area contributed by atoms with Crippen LogP contribution in [0.2, 0.25) is 0 Å². The molecule has 0 aromatic heterocycles. The number of nitrogens with one attached hydrogen (secondary N) is 2. The highest BCUT2D eigenvalue weighted by Crippen LogP contribution is 2.16. The predicted octanol–water partition coefficient (Wildman–Crippen LogP) is 2.61. The third-order valence-electron chi connectivity index (χ3n) is 4.63. The zero-order chi connectivity index (χ0) is 20.4. The first kappa shape index (κ1) is 26.2. The van der Waals surface area contributed by atoms with E-state index in [4.69, 9.17) is 14.2 Å². The lowest BCUT2D eigenvalue weighted by molar-refractivity contribution is 0.00700. The summed E-state index contributed by atoms with van der Waals surface area (Å²) in [6, 6.07) is 0.204. The van der Waals surface area contributed by atoms with Gasteiger partial charge in [0, 0.05) is 52.6 Å². The van der Waals surface area contributed by atoms with E-state index < -0.39 is 5.60 Å². The summed E-state index contributed by atoms with van der Waals surface area (Å²) in [6.45, 7) is 13.7. The number of carbonyl (C=O) groups excluding carboxylic acids is 1. The minimum absolute atomic E-state index is 0. The average molecular weight is 526 g/mol. The highest BCUT2D eigenvalue weighted by molar-refractivity contribution is 14.0. The van der Waals surface area contributed by atoms with Crippen molar-refractivity contribution in [2.45, 2.75) is 58.6 Å². The predicted molar refractivity (Wildman–Crippen MR) is 125 cm³/mol. The third kappa shape index (κ3) is 10.7. The molecule has 29 heavy (non-hydrogen) atoms. The number of hydrogen-bond donors (Lipinski definition) is 2. The van der Waals surface area contributed by atoms with Crippen LogP contribution < -0.4 is 10.6 Å². The van der Waals surface area contributed by atoms with Crippen LogP contribution in [0, 0.1) is 5.92 Å². The van der Waals surface area contributed by atoms with E-state index in [0.717, 1.165) is 58.2 Å². The molecular weight excluding hydrogens is 487 g/mol. The summed E-state index contributed by atoms with van der Waals surface area (Å²) in [5, 5.41) is 6.64. The highest BCUT2D eigenvalue weighted by atomic mass is 127. The minimum atomic E-state index is -0.460. The molecule has 0 bridgehead atoms. The Morgan fingerprint density at radius 1 is 1.24 bits per heavy atom.